The molecule has 5 N–H and O–H groups in total. The molecule has 0 spiro atoms. The first-order valence-corrected chi connectivity index (χ1v) is 10.9. The second kappa shape index (κ2) is 11.8. The molecule has 1 heterocycles. The number of hydrogen-bond acceptors (Lipinski definition) is 11. The van der Waals surface area contributed by atoms with Crippen LogP contribution >= 0.6 is 11.8 Å². The molecule has 33 heavy (non-hydrogen) atoms. The lowest BCUT2D eigenvalue weighted by Crippen LogP contribution is -2.66. The SMILES string of the molecule is COC(=O)[C@]1(Sc2ccc(C)cc2)C[C@H](O)[C@@H](NC(=O)COC(C)=O)[C@H]([C@H](O)[C@H](O)CO)O1. The van der Waals surface area contributed by atoms with Crippen LogP contribution in [0.15, 0.2) is 29.2 Å². The van der Waals surface area contributed by atoms with E-state index >= 15 is 0 Å². The van der Waals surface area contributed by atoms with Gasteiger partial charge in [0.2, 0.25) is 4.93 Å². The molecule has 6 atom stereocenters. The minimum absolute atomic E-state index is 0.338. The number of rotatable bonds is 9. The topological polar surface area (TPSA) is 172 Å². The van der Waals surface area contributed by atoms with Gasteiger partial charge in [-0.15, -0.1) is 0 Å². The molecule has 0 aliphatic carbocycles. The number of amides is 1. The first-order valence-electron chi connectivity index (χ1n) is 10.1. The van der Waals surface area contributed by atoms with Crippen LogP contribution in [0.25, 0.3) is 0 Å². The normalized spacial score (nSPS) is 26.7. The van der Waals surface area contributed by atoms with Gasteiger partial charge in [-0.2, -0.15) is 0 Å². The minimum atomic E-state index is -1.83. The van der Waals surface area contributed by atoms with E-state index in [1.54, 1.807) is 12.1 Å². The summed E-state index contributed by atoms with van der Waals surface area (Å²) in [6.45, 7) is 1.51. The third-order valence-electron chi connectivity index (χ3n) is 5.02. The van der Waals surface area contributed by atoms with Crippen molar-refractivity contribution in [3.63, 3.8) is 0 Å². The summed E-state index contributed by atoms with van der Waals surface area (Å²) in [5.74, 6) is -2.35. The van der Waals surface area contributed by atoms with Crippen LogP contribution in [0.1, 0.15) is 18.9 Å². The zero-order valence-electron chi connectivity index (χ0n) is 18.5. The number of aliphatic hydroxyl groups excluding tert-OH is 4. The van der Waals surface area contributed by atoms with Gasteiger partial charge in [0, 0.05) is 18.2 Å². The van der Waals surface area contributed by atoms with Gasteiger partial charge in [-0.25, -0.2) is 4.79 Å². The van der Waals surface area contributed by atoms with Gasteiger partial charge in [0.25, 0.3) is 5.91 Å². The largest absolute Gasteiger partial charge is 0.466 e. The Morgan fingerprint density at radius 1 is 1.27 bits per heavy atom. The highest BCUT2D eigenvalue weighted by atomic mass is 32.2. The third-order valence-corrected chi connectivity index (χ3v) is 6.29. The lowest BCUT2D eigenvalue weighted by atomic mass is 9.89. The van der Waals surface area contributed by atoms with Crippen molar-refractivity contribution >= 4 is 29.6 Å². The molecule has 1 fully saturated rings. The first-order chi connectivity index (χ1) is 15.5. The molecule has 1 saturated heterocycles. The Morgan fingerprint density at radius 2 is 1.91 bits per heavy atom. The number of aryl methyl sites for hydroxylation is 1. The number of hydrogen-bond donors (Lipinski definition) is 5. The summed E-state index contributed by atoms with van der Waals surface area (Å²) < 4.78 is 15.5. The Labute approximate surface area is 195 Å². The number of ether oxygens (including phenoxy) is 3. The highest BCUT2D eigenvalue weighted by Gasteiger charge is 2.56. The van der Waals surface area contributed by atoms with Gasteiger partial charge < -0.3 is 40.0 Å². The van der Waals surface area contributed by atoms with E-state index in [1.807, 2.05) is 19.1 Å². The van der Waals surface area contributed by atoms with Crippen LogP contribution in [0.2, 0.25) is 0 Å². The van der Waals surface area contributed by atoms with Gasteiger partial charge >= 0.3 is 11.9 Å². The van der Waals surface area contributed by atoms with Gasteiger partial charge in [-0.05, 0) is 19.1 Å². The lowest BCUT2D eigenvalue weighted by Gasteiger charge is -2.47. The molecule has 1 amide bonds. The zero-order chi connectivity index (χ0) is 24.8. The van der Waals surface area contributed by atoms with Crippen molar-refractivity contribution in [2.45, 2.75) is 60.6 Å². The number of aliphatic hydroxyl groups is 4. The van der Waals surface area contributed by atoms with Crippen molar-refractivity contribution < 1.29 is 49.0 Å². The summed E-state index contributed by atoms with van der Waals surface area (Å²) in [5.41, 5.74) is 0.978. The van der Waals surface area contributed by atoms with Crippen LogP contribution in [-0.2, 0) is 28.6 Å². The van der Waals surface area contributed by atoms with E-state index in [-0.39, 0.29) is 6.42 Å². The average molecular weight is 488 g/mol. The standard InChI is InChI=1S/C21H29NO10S/c1-11-4-6-13(7-5-11)33-21(20(29)30-3)8-14(25)17(22-16(27)10-31-12(2)24)19(32-21)18(28)15(26)9-23/h4-7,14-15,17-19,23,25-26,28H,8-10H2,1-3H3,(H,22,27)/t14-,15+,17+,18+,19+,21+/m0/s1. The Balaban J connectivity index is 2.39. The maximum atomic E-state index is 12.8. The van der Waals surface area contributed by atoms with E-state index in [2.05, 4.69) is 10.1 Å². The van der Waals surface area contributed by atoms with E-state index in [1.165, 1.54) is 0 Å². The molecule has 0 saturated carbocycles. The molecular weight excluding hydrogens is 458 g/mol. The predicted molar refractivity (Wildman–Crippen MR) is 115 cm³/mol. The molecular formula is C21H29NO10S. The van der Waals surface area contributed by atoms with Crippen LogP contribution in [0, 0.1) is 6.92 Å². The first kappa shape index (κ1) is 27.0. The number of carbonyl (C=O) groups is 3. The van der Waals surface area contributed by atoms with Crippen LogP contribution < -0.4 is 5.32 Å². The highest BCUT2D eigenvalue weighted by Crippen LogP contribution is 2.44. The van der Waals surface area contributed by atoms with Crippen LogP contribution in [0.4, 0.5) is 0 Å². The van der Waals surface area contributed by atoms with Crippen molar-refractivity contribution in [2.24, 2.45) is 0 Å². The van der Waals surface area contributed by atoms with Crippen molar-refractivity contribution in [3.05, 3.63) is 29.8 Å². The van der Waals surface area contributed by atoms with Gasteiger partial charge in [-0.1, -0.05) is 29.5 Å². The number of esters is 2. The Bertz CT molecular complexity index is 835. The molecule has 11 nitrogen and oxygen atoms in total. The number of thioether (sulfide) groups is 1. The molecule has 1 aromatic carbocycles. The molecule has 0 bridgehead atoms. The second-order valence-corrected chi connectivity index (χ2v) is 8.96. The zero-order valence-corrected chi connectivity index (χ0v) is 19.3. The fourth-order valence-electron chi connectivity index (χ4n) is 3.34. The van der Waals surface area contributed by atoms with E-state index < -0.39 is 66.5 Å². The quantitative estimate of drug-likeness (QED) is 0.267. The lowest BCUT2D eigenvalue weighted by molar-refractivity contribution is -0.207. The van der Waals surface area contributed by atoms with E-state index in [9.17, 15) is 34.8 Å². The molecule has 1 aromatic rings. The smallest absolute Gasteiger partial charge is 0.349 e. The van der Waals surface area contributed by atoms with Gasteiger partial charge in [0.15, 0.2) is 6.61 Å². The summed E-state index contributed by atoms with van der Waals surface area (Å²) in [7, 11) is 1.14. The van der Waals surface area contributed by atoms with Crippen LogP contribution in [-0.4, -0.2) is 94.0 Å². The van der Waals surface area contributed by atoms with E-state index in [0.717, 1.165) is 31.4 Å². The molecule has 0 unspecified atom stereocenters. The van der Waals surface area contributed by atoms with E-state index in [4.69, 9.17) is 9.47 Å². The van der Waals surface area contributed by atoms with Gasteiger partial charge in [0.1, 0.15) is 18.3 Å². The number of nitrogens with one attached hydrogen (secondary N) is 1. The van der Waals surface area contributed by atoms with Crippen LogP contribution in [0.3, 0.4) is 0 Å². The predicted octanol–water partition coefficient (Wildman–Crippen LogP) is -1.13. The second-order valence-electron chi connectivity index (χ2n) is 7.63. The molecule has 184 valence electrons. The molecule has 12 heteroatoms. The third kappa shape index (κ3) is 6.88. The van der Waals surface area contributed by atoms with Crippen molar-refractivity contribution in [2.75, 3.05) is 20.3 Å². The summed E-state index contributed by atoms with van der Waals surface area (Å²) in [4.78, 5) is 34.7. The van der Waals surface area contributed by atoms with Crippen molar-refractivity contribution in [1.82, 2.24) is 5.32 Å². The van der Waals surface area contributed by atoms with Gasteiger partial charge in [0.05, 0.1) is 25.9 Å². The summed E-state index contributed by atoms with van der Waals surface area (Å²) in [5, 5.41) is 43.2. The fourth-order valence-corrected chi connectivity index (χ4v) is 4.57. The van der Waals surface area contributed by atoms with Crippen molar-refractivity contribution in [1.29, 1.82) is 0 Å². The molecule has 0 radical (unpaired) electrons. The Hall–Kier alpha value is -2.22. The van der Waals surface area contributed by atoms with E-state index in [0.29, 0.717) is 4.90 Å². The van der Waals surface area contributed by atoms with Gasteiger partial charge in [-0.3, -0.25) is 9.59 Å². The summed E-state index contributed by atoms with van der Waals surface area (Å²) >= 11 is 0.939. The van der Waals surface area contributed by atoms with Crippen LogP contribution in [0.5, 0.6) is 0 Å². The average Bonchev–Trinajstić information content (AvgIpc) is 2.79. The Kier molecular flexibility index (Phi) is 9.64. The molecule has 0 aromatic heterocycles. The summed E-state index contributed by atoms with van der Waals surface area (Å²) in [6.07, 6.45) is -6.81. The monoisotopic (exact) mass is 487 g/mol. The minimum Gasteiger partial charge on any atom is -0.466 e. The molecule has 1 aliphatic rings. The maximum Gasteiger partial charge on any atom is 0.349 e. The maximum absolute atomic E-state index is 12.8. The van der Waals surface area contributed by atoms with Crippen molar-refractivity contribution in [3.8, 4) is 0 Å². The highest BCUT2D eigenvalue weighted by molar-refractivity contribution is 8.01. The fraction of sp³-hybridized carbons (Fsp3) is 0.571. The number of benzene rings is 1. The molecule has 1 aliphatic heterocycles. The molecule has 2 rings (SSSR count). The Morgan fingerprint density at radius 3 is 2.45 bits per heavy atom. The number of carbonyl (C=O) groups excluding carboxylic acids is 3. The summed E-state index contributed by atoms with van der Waals surface area (Å²) in [6, 6.07) is 5.79. The number of methoxy groups -OCH3 is 1.